The molecule has 1 unspecified atom stereocenters. The van der Waals surface area contributed by atoms with E-state index < -0.39 is 15.9 Å². The van der Waals surface area contributed by atoms with Gasteiger partial charge in [0.05, 0.1) is 28.3 Å². The first-order valence-electron chi connectivity index (χ1n) is 11.1. The number of hydrogen-bond acceptors (Lipinski definition) is 8. The van der Waals surface area contributed by atoms with Crippen molar-refractivity contribution in [3.8, 4) is 0 Å². The summed E-state index contributed by atoms with van der Waals surface area (Å²) in [5, 5.41) is 19.0. The van der Waals surface area contributed by atoms with Crippen LogP contribution in [0.5, 0.6) is 0 Å². The van der Waals surface area contributed by atoms with Gasteiger partial charge in [-0.1, -0.05) is 20.8 Å². The minimum Gasteiger partial charge on any atom is -0.463 e. The van der Waals surface area contributed by atoms with E-state index in [9.17, 15) is 14.9 Å². The molecule has 0 spiro atoms. The lowest BCUT2D eigenvalue weighted by atomic mass is 9.58. The molecule has 0 radical (unpaired) electrons. The lowest BCUT2D eigenvalue weighted by molar-refractivity contribution is -0.384. The van der Waals surface area contributed by atoms with E-state index in [1.165, 1.54) is 12.1 Å². The number of rotatable bonds is 9. The molecule has 34 heavy (non-hydrogen) atoms. The van der Waals surface area contributed by atoms with Crippen LogP contribution in [0.4, 0.5) is 22.7 Å². The van der Waals surface area contributed by atoms with Gasteiger partial charge in [0.15, 0.2) is 0 Å². The van der Waals surface area contributed by atoms with E-state index in [0.29, 0.717) is 17.9 Å². The largest absolute Gasteiger partial charge is 0.463 e. The van der Waals surface area contributed by atoms with Crippen molar-refractivity contribution in [1.82, 2.24) is 0 Å². The monoisotopic (exact) mass is 469 g/mol. The number of nitrogens with zero attached hydrogens (tertiary/aromatic N) is 4. The molecule has 0 heterocycles. The van der Waals surface area contributed by atoms with Crippen LogP contribution in [0.1, 0.15) is 41.5 Å². The molecule has 0 amide bonds. The molecule has 0 aliphatic rings. The van der Waals surface area contributed by atoms with Crippen LogP contribution in [0.15, 0.2) is 58.8 Å². The first kappa shape index (κ1) is 26.9. The van der Waals surface area contributed by atoms with Gasteiger partial charge < -0.3 is 15.4 Å². The highest BCUT2D eigenvalue weighted by molar-refractivity contribution is 5.79. The van der Waals surface area contributed by atoms with E-state index in [1.807, 2.05) is 77.8 Å². The fourth-order valence-electron chi connectivity index (χ4n) is 3.61. The minimum absolute atomic E-state index is 0.00629. The highest BCUT2D eigenvalue weighted by atomic mass is 16.6. The molecule has 2 aromatic rings. The van der Waals surface area contributed by atoms with Gasteiger partial charge in [-0.05, 0) is 62.6 Å². The molecule has 0 aliphatic heterocycles. The number of nitro benzene ring substituents is 1. The van der Waals surface area contributed by atoms with Crippen molar-refractivity contribution >= 4 is 28.7 Å². The summed E-state index contributed by atoms with van der Waals surface area (Å²) in [6.07, 6.45) is 0. The molecular formula is C25H35N5O4. The Balaban J connectivity index is 1.95. The Morgan fingerprint density at radius 2 is 1.44 bits per heavy atom. The number of hydrogen-bond donors (Lipinski definition) is 1. The summed E-state index contributed by atoms with van der Waals surface area (Å²) in [6.45, 7) is 12.3. The molecule has 0 aliphatic carbocycles. The summed E-state index contributed by atoms with van der Waals surface area (Å²) in [5.74, 6) is -0.303. The van der Waals surface area contributed by atoms with Crippen LogP contribution in [0, 0.1) is 20.9 Å². The lowest BCUT2D eigenvalue weighted by Crippen LogP contribution is -2.60. The standard InChI is InChI=1S/C25H35N5O4/c1-23(2,3)25(6,24(4,5)26)22(31)34-17-16-29(7)20-12-8-18(9-13-20)27-28-19-10-14-21(15-11-19)30(32)33/h8-15H,16-17,26H2,1-7H3/b28-27+. The van der Waals surface area contributed by atoms with Gasteiger partial charge in [0.25, 0.3) is 5.69 Å². The zero-order valence-electron chi connectivity index (χ0n) is 21.0. The molecule has 2 N–H and O–H groups in total. The maximum atomic E-state index is 13.0. The summed E-state index contributed by atoms with van der Waals surface area (Å²) in [5.41, 5.74) is 6.51. The number of carbonyl (C=O) groups excluding carboxylic acids is 1. The summed E-state index contributed by atoms with van der Waals surface area (Å²) in [7, 11) is 1.91. The van der Waals surface area contributed by atoms with Gasteiger partial charge in [0, 0.05) is 30.4 Å². The Hall–Kier alpha value is -3.33. The molecule has 184 valence electrons. The molecule has 1 atom stereocenters. The highest BCUT2D eigenvalue weighted by Gasteiger charge is 2.54. The molecule has 2 rings (SSSR count). The molecule has 0 fully saturated rings. The van der Waals surface area contributed by atoms with E-state index in [-0.39, 0.29) is 23.7 Å². The first-order chi connectivity index (χ1) is 15.7. The van der Waals surface area contributed by atoms with Crippen molar-refractivity contribution in [2.45, 2.75) is 47.1 Å². The Bertz CT molecular complexity index is 1010. The highest BCUT2D eigenvalue weighted by Crippen LogP contribution is 2.46. The van der Waals surface area contributed by atoms with Crippen molar-refractivity contribution < 1.29 is 14.5 Å². The summed E-state index contributed by atoms with van der Waals surface area (Å²) < 4.78 is 5.65. The molecule has 0 bridgehead atoms. The quantitative estimate of drug-likeness (QED) is 0.215. The number of benzene rings is 2. The maximum Gasteiger partial charge on any atom is 0.314 e. The third-order valence-corrected chi connectivity index (χ3v) is 6.49. The van der Waals surface area contributed by atoms with Crippen LogP contribution < -0.4 is 10.6 Å². The number of ether oxygens (including phenoxy) is 1. The number of nitro groups is 1. The number of non-ortho nitro benzene ring substituents is 1. The molecule has 0 saturated carbocycles. The van der Waals surface area contributed by atoms with Crippen LogP contribution in [-0.2, 0) is 9.53 Å². The number of azo groups is 1. The van der Waals surface area contributed by atoms with Gasteiger partial charge >= 0.3 is 5.97 Å². The Morgan fingerprint density at radius 3 is 1.85 bits per heavy atom. The van der Waals surface area contributed by atoms with Gasteiger partial charge in [-0.15, -0.1) is 0 Å². The summed E-state index contributed by atoms with van der Waals surface area (Å²) in [6, 6.07) is 13.3. The molecule has 0 aromatic heterocycles. The van der Waals surface area contributed by atoms with Crippen LogP contribution >= 0.6 is 0 Å². The van der Waals surface area contributed by atoms with Crippen molar-refractivity contribution in [2.75, 3.05) is 25.1 Å². The van der Waals surface area contributed by atoms with Gasteiger partial charge in [-0.3, -0.25) is 14.9 Å². The summed E-state index contributed by atoms with van der Waals surface area (Å²) in [4.78, 5) is 25.2. The molecular weight excluding hydrogens is 434 g/mol. The SMILES string of the molecule is CN(CCOC(=O)C(C)(C(C)(C)C)C(C)(C)N)c1ccc(/N=N/c2ccc([N+](=O)[O-])cc2)cc1. The number of carbonyl (C=O) groups is 1. The number of esters is 1. The Labute approximate surface area is 201 Å². The van der Waals surface area contributed by atoms with Crippen molar-refractivity contribution in [3.05, 3.63) is 58.6 Å². The molecule has 2 aromatic carbocycles. The van der Waals surface area contributed by atoms with Crippen LogP contribution in [0.25, 0.3) is 0 Å². The van der Waals surface area contributed by atoms with Gasteiger partial charge in [0.1, 0.15) is 6.61 Å². The van der Waals surface area contributed by atoms with Crippen LogP contribution in [-0.4, -0.2) is 36.6 Å². The van der Waals surface area contributed by atoms with E-state index in [0.717, 1.165) is 5.69 Å². The van der Waals surface area contributed by atoms with Gasteiger partial charge in [-0.25, -0.2) is 0 Å². The minimum atomic E-state index is -0.852. The second-order valence-corrected chi connectivity index (χ2v) is 10.1. The predicted octanol–water partition coefficient (Wildman–Crippen LogP) is 5.78. The fourth-order valence-corrected chi connectivity index (χ4v) is 3.61. The van der Waals surface area contributed by atoms with Gasteiger partial charge in [0.2, 0.25) is 0 Å². The van der Waals surface area contributed by atoms with E-state index in [1.54, 1.807) is 12.1 Å². The van der Waals surface area contributed by atoms with Crippen molar-refractivity contribution in [2.24, 2.45) is 26.8 Å². The number of nitrogens with two attached hydrogens (primary N) is 1. The molecule has 9 heteroatoms. The van der Waals surface area contributed by atoms with E-state index >= 15 is 0 Å². The molecule has 0 saturated heterocycles. The third-order valence-electron chi connectivity index (χ3n) is 6.49. The van der Waals surface area contributed by atoms with Crippen LogP contribution in [0.2, 0.25) is 0 Å². The Morgan fingerprint density at radius 1 is 0.971 bits per heavy atom. The van der Waals surface area contributed by atoms with Crippen LogP contribution in [0.3, 0.4) is 0 Å². The Kier molecular flexibility index (Phi) is 8.15. The average Bonchev–Trinajstić information content (AvgIpc) is 2.76. The van der Waals surface area contributed by atoms with E-state index in [2.05, 4.69) is 10.2 Å². The lowest BCUT2D eigenvalue weighted by Gasteiger charge is -2.48. The fraction of sp³-hybridized carbons (Fsp3) is 0.480. The predicted molar refractivity (Wildman–Crippen MR) is 134 cm³/mol. The smallest absolute Gasteiger partial charge is 0.314 e. The molecule has 9 nitrogen and oxygen atoms in total. The van der Waals surface area contributed by atoms with E-state index in [4.69, 9.17) is 10.5 Å². The average molecular weight is 470 g/mol. The topological polar surface area (TPSA) is 123 Å². The second kappa shape index (κ2) is 10.3. The number of anilines is 1. The second-order valence-electron chi connectivity index (χ2n) is 10.1. The van der Waals surface area contributed by atoms with Gasteiger partial charge in [-0.2, -0.15) is 10.2 Å². The maximum absolute atomic E-state index is 13.0. The normalized spacial score (nSPS) is 14.0. The zero-order chi connectivity index (χ0) is 25.7. The third kappa shape index (κ3) is 6.17. The van der Waals surface area contributed by atoms with Crippen molar-refractivity contribution in [1.29, 1.82) is 0 Å². The zero-order valence-corrected chi connectivity index (χ0v) is 21.0. The summed E-state index contributed by atoms with van der Waals surface area (Å²) >= 11 is 0. The van der Waals surface area contributed by atoms with Crippen molar-refractivity contribution in [3.63, 3.8) is 0 Å². The number of likely N-dealkylation sites (N-methyl/N-ethyl adjacent to an activating group) is 1. The first-order valence-corrected chi connectivity index (χ1v) is 11.1.